The number of ether oxygens (including phenoxy) is 2. The minimum atomic E-state index is -0.423. The van der Waals surface area contributed by atoms with Gasteiger partial charge in [0.15, 0.2) is 0 Å². The first kappa shape index (κ1) is 26.5. The Bertz CT molecular complexity index is 1040. The van der Waals surface area contributed by atoms with E-state index in [2.05, 4.69) is 38.3 Å². The molecule has 4 rings (SSSR count). The number of nitrogens with zero attached hydrogens (tertiary/aromatic N) is 2. The van der Waals surface area contributed by atoms with Gasteiger partial charge >= 0.3 is 6.09 Å². The highest BCUT2D eigenvalue weighted by molar-refractivity contribution is 9.10. The van der Waals surface area contributed by atoms with Crippen molar-refractivity contribution >= 4 is 27.9 Å². The molecule has 1 atom stereocenters. The molecule has 1 spiro atoms. The van der Waals surface area contributed by atoms with Gasteiger partial charge in [-0.2, -0.15) is 0 Å². The molecule has 0 aromatic heterocycles. The van der Waals surface area contributed by atoms with Gasteiger partial charge in [-0.25, -0.2) is 4.79 Å². The average molecular weight is 559 g/mol. The van der Waals surface area contributed by atoms with Crippen LogP contribution in [0.5, 0.6) is 5.75 Å². The van der Waals surface area contributed by atoms with Crippen molar-refractivity contribution in [1.29, 1.82) is 0 Å². The van der Waals surface area contributed by atoms with Crippen molar-refractivity contribution in [2.75, 3.05) is 39.9 Å². The van der Waals surface area contributed by atoms with E-state index in [1.807, 2.05) is 41.3 Å². The smallest absolute Gasteiger partial charge is 0.407 e. The van der Waals surface area contributed by atoms with Crippen LogP contribution in [0.15, 0.2) is 53.0 Å². The number of hydrogen-bond acceptors (Lipinski definition) is 5. The number of piperidine rings is 1. The first-order chi connectivity index (χ1) is 17.4. The zero-order chi connectivity index (χ0) is 25.5. The Morgan fingerprint density at radius 1 is 1.08 bits per heavy atom. The Labute approximate surface area is 222 Å². The molecule has 2 aromatic rings. The normalized spacial score (nSPS) is 18.3. The summed E-state index contributed by atoms with van der Waals surface area (Å²) in [5, 5.41) is 3.01. The molecule has 36 heavy (non-hydrogen) atoms. The van der Waals surface area contributed by atoms with E-state index in [1.54, 1.807) is 14.0 Å². The van der Waals surface area contributed by atoms with Crippen LogP contribution in [0.1, 0.15) is 49.8 Å². The lowest BCUT2D eigenvalue weighted by Crippen LogP contribution is -2.45. The van der Waals surface area contributed by atoms with Crippen LogP contribution < -0.4 is 10.1 Å². The van der Waals surface area contributed by atoms with Crippen LogP contribution in [0.3, 0.4) is 0 Å². The first-order valence-corrected chi connectivity index (χ1v) is 13.6. The molecule has 2 aliphatic heterocycles. The van der Waals surface area contributed by atoms with Gasteiger partial charge in [0.05, 0.1) is 25.2 Å². The number of para-hydroxylation sites is 1. The van der Waals surface area contributed by atoms with Gasteiger partial charge in [-0.05, 0) is 69.5 Å². The van der Waals surface area contributed by atoms with E-state index in [0.717, 1.165) is 73.2 Å². The second kappa shape index (κ2) is 12.1. The van der Waals surface area contributed by atoms with Crippen LogP contribution in [0, 0.1) is 5.41 Å². The first-order valence-electron chi connectivity index (χ1n) is 12.8. The standard InChI is InChI=1S/C28H36BrN3O4/c1-3-36-27(34)30-24(23-6-4-5-7-25(23)35-2)12-16-31-17-13-28(14-18-31)15-19-32(26(28)33)20-21-8-10-22(29)11-9-21/h4-11,24H,3,12-20H2,1-2H3,(H,30,34). The van der Waals surface area contributed by atoms with Gasteiger partial charge < -0.3 is 24.6 Å². The SMILES string of the molecule is CCOC(=O)NC(CCN1CCC2(CC1)CCN(Cc1ccc(Br)cc1)C2=O)c1ccccc1OC. The molecule has 7 nitrogen and oxygen atoms in total. The largest absolute Gasteiger partial charge is 0.496 e. The fourth-order valence-electron chi connectivity index (χ4n) is 5.41. The van der Waals surface area contributed by atoms with Crippen LogP contribution in [0.2, 0.25) is 0 Å². The second-order valence-corrected chi connectivity index (χ2v) is 10.6. The molecule has 0 aliphatic carbocycles. The van der Waals surface area contributed by atoms with E-state index in [0.29, 0.717) is 19.1 Å². The maximum Gasteiger partial charge on any atom is 0.407 e. The molecule has 2 heterocycles. The molecule has 0 bridgehead atoms. The van der Waals surface area contributed by atoms with Crippen LogP contribution >= 0.6 is 15.9 Å². The van der Waals surface area contributed by atoms with Gasteiger partial charge in [0.1, 0.15) is 5.75 Å². The van der Waals surface area contributed by atoms with Crippen molar-refractivity contribution in [3.63, 3.8) is 0 Å². The molecular weight excluding hydrogens is 522 g/mol. The van der Waals surface area contributed by atoms with Gasteiger partial charge in [-0.1, -0.05) is 46.3 Å². The Morgan fingerprint density at radius 2 is 1.78 bits per heavy atom. The van der Waals surface area contributed by atoms with E-state index in [1.165, 1.54) is 0 Å². The van der Waals surface area contributed by atoms with Gasteiger partial charge in [0.2, 0.25) is 5.91 Å². The summed E-state index contributed by atoms with van der Waals surface area (Å²) in [6.45, 7) is 6.22. The van der Waals surface area contributed by atoms with Crippen molar-refractivity contribution < 1.29 is 19.1 Å². The summed E-state index contributed by atoms with van der Waals surface area (Å²) < 4.78 is 11.7. The van der Waals surface area contributed by atoms with Crippen molar-refractivity contribution in [2.45, 2.75) is 45.2 Å². The average Bonchev–Trinajstić information content (AvgIpc) is 3.18. The number of nitrogens with one attached hydrogen (secondary N) is 1. The zero-order valence-corrected chi connectivity index (χ0v) is 22.8. The highest BCUT2D eigenvalue weighted by Gasteiger charge is 2.47. The van der Waals surface area contributed by atoms with Crippen molar-refractivity contribution in [2.24, 2.45) is 5.41 Å². The Morgan fingerprint density at radius 3 is 2.47 bits per heavy atom. The fourth-order valence-corrected chi connectivity index (χ4v) is 5.67. The number of amides is 2. The van der Waals surface area contributed by atoms with E-state index < -0.39 is 6.09 Å². The third-order valence-corrected chi connectivity index (χ3v) is 8.05. The molecule has 1 unspecified atom stereocenters. The molecular formula is C28H36BrN3O4. The number of benzene rings is 2. The summed E-state index contributed by atoms with van der Waals surface area (Å²) in [6.07, 6.45) is 3.01. The predicted molar refractivity (Wildman–Crippen MR) is 143 cm³/mol. The summed E-state index contributed by atoms with van der Waals surface area (Å²) in [7, 11) is 1.64. The zero-order valence-electron chi connectivity index (χ0n) is 21.2. The number of likely N-dealkylation sites (tertiary alicyclic amines) is 2. The lowest BCUT2D eigenvalue weighted by molar-refractivity contribution is -0.138. The minimum absolute atomic E-state index is 0.217. The number of hydrogen-bond donors (Lipinski definition) is 1. The monoisotopic (exact) mass is 557 g/mol. The van der Waals surface area contributed by atoms with Crippen molar-refractivity contribution in [3.8, 4) is 5.75 Å². The summed E-state index contributed by atoms with van der Waals surface area (Å²) in [4.78, 5) is 30.1. The predicted octanol–water partition coefficient (Wildman–Crippen LogP) is 5.15. The van der Waals surface area contributed by atoms with Gasteiger partial charge in [0, 0.05) is 29.7 Å². The summed E-state index contributed by atoms with van der Waals surface area (Å²) in [5.41, 5.74) is 1.88. The summed E-state index contributed by atoms with van der Waals surface area (Å²) in [6, 6.07) is 15.8. The minimum Gasteiger partial charge on any atom is -0.496 e. The molecule has 2 fully saturated rings. The highest BCUT2D eigenvalue weighted by Crippen LogP contribution is 2.42. The molecule has 8 heteroatoms. The van der Waals surface area contributed by atoms with Crippen LogP contribution in [-0.4, -0.2) is 61.7 Å². The number of methoxy groups -OCH3 is 1. The van der Waals surface area contributed by atoms with Gasteiger partial charge in [0.25, 0.3) is 0 Å². The summed E-state index contributed by atoms with van der Waals surface area (Å²) in [5.74, 6) is 1.06. The van der Waals surface area contributed by atoms with E-state index in [4.69, 9.17) is 9.47 Å². The van der Waals surface area contributed by atoms with Crippen LogP contribution in [-0.2, 0) is 16.1 Å². The Balaban J connectivity index is 1.33. The lowest BCUT2D eigenvalue weighted by Gasteiger charge is -2.38. The Kier molecular flexibility index (Phi) is 8.90. The lowest BCUT2D eigenvalue weighted by atomic mass is 9.77. The molecule has 2 saturated heterocycles. The quantitative estimate of drug-likeness (QED) is 0.461. The fraction of sp³-hybridized carbons (Fsp3) is 0.500. The number of carbonyl (C=O) groups excluding carboxylic acids is 2. The highest BCUT2D eigenvalue weighted by atomic mass is 79.9. The molecule has 0 radical (unpaired) electrons. The third-order valence-electron chi connectivity index (χ3n) is 7.52. The molecule has 0 saturated carbocycles. The number of halogens is 1. The van der Waals surface area contributed by atoms with Crippen LogP contribution in [0.4, 0.5) is 4.79 Å². The molecule has 2 amide bonds. The van der Waals surface area contributed by atoms with Crippen LogP contribution in [0.25, 0.3) is 0 Å². The van der Waals surface area contributed by atoms with E-state index >= 15 is 0 Å². The van der Waals surface area contributed by atoms with Gasteiger partial charge in [-0.15, -0.1) is 0 Å². The maximum atomic E-state index is 13.4. The maximum absolute atomic E-state index is 13.4. The summed E-state index contributed by atoms with van der Waals surface area (Å²) >= 11 is 3.48. The second-order valence-electron chi connectivity index (χ2n) is 9.67. The van der Waals surface area contributed by atoms with Crippen molar-refractivity contribution in [1.82, 2.24) is 15.1 Å². The third kappa shape index (κ3) is 6.21. The number of rotatable bonds is 9. The van der Waals surface area contributed by atoms with Crippen molar-refractivity contribution in [3.05, 3.63) is 64.1 Å². The topological polar surface area (TPSA) is 71.1 Å². The van der Waals surface area contributed by atoms with Gasteiger partial charge in [-0.3, -0.25) is 4.79 Å². The molecule has 2 aliphatic rings. The number of carbonyl (C=O) groups is 2. The van der Waals surface area contributed by atoms with E-state index in [-0.39, 0.29) is 11.5 Å². The Hall–Kier alpha value is -2.58. The van der Waals surface area contributed by atoms with E-state index in [9.17, 15) is 9.59 Å². The molecule has 2 aromatic carbocycles. The molecule has 1 N–H and O–H groups in total. The number of alkyl carbamates (subject to hydrolysis) is 1. The molecule has 194 valence electrons.